The predicted octanol–water partition coefficient (Wildman–Crippen LogP) is 26.6. The first-order valence-corrected chi connectivity index (χ1v) is 33.5. The van der Waals surface area contributed by atoms with Crippen molar-refractivity contribution in [3.05, 3.63) is 405 Å². The molecular weight excluding hydrogens is 1190 g/mol. The molecule has 5 nitrogen and oxygen atoms in total. The predicted molar refractivity (Wildman–Crippen MR) is 416 cm³/mol. The summed E-state index contributed by atoms with van der Waals surface area (Å²) in [5.74, 6) is 0. The fraction of sp³-hybridized carbons (Fsp3) is 0.0323. The first-order valence-electron chi connectivity index (χ1n) is 33.5. The lowest BCUT2D eigenvalue weighted by atomic mass is 10.0. The number of rotatable bonds is 19. The van der Waals surface area contributed by atoms with Gasteiger partial charge in [-0.2, -0.15) is 0 Å². The Bertz CT molecular complexity index is 4780. The van der Waals surface area contributed by atoms with Crippen molar-refractivity contribution >= 4 is 85.3 Å². The minimum Gasteiger partial charge on any atom is -0.311 e. The summed E-state index contributed by atoms with van der Waals surface area (Å²) in [6, 6.07) is 140. The van der Waals surface area contributed by atoms with Crippen molar-refractivity contribution in [3.63, 3.8) is 0 Å². The van der Waals surface area contributed by atoms with E-state index in [4.69, 9.17) is 0 Å². The van der Waals surface area contributed by atoms with Gasteiger partial charge < -0.3 is 24.5 Å². The SMILES string of the molecule is Cc1ccc(N(c2ccc(-c3ccc(N(c4ccccc4)c4ccc(-c5ccc(N(c6ccccc6)c6cccc(C)c6)cc5)cc4)cc3)cc2)c2ccc(-c3ccc(N(c4ccccc4)c4ccc(-c5ccc(N(c6ccccc6)c6cccc(C)c6)cc5)cc4)cc3)cc2)cc1. The van der Waals surface area contributed by atoms with Gasteiger partial charge in [-0.1, -0.05) is 212 Å². The molecule has 0 radical (unpaired) electrons. The zero-order valence-electron chi connectivity index (χ0n) is 55.2. The van der Waals surface area contributed by atoms with Gasteiger partial charge in [-0.3, -0.25) is 0 Å². The Morgan fingerprint density at radius 1 is 0.122 bits per heavy atom. The van der Waals surface area contributed by atoms with E-state index in [1.54, 1.807) is 0 Å². The fourth-order valence-corrected chi connectivity index (χ4v) is 13.2. The molecule has 0 N–H and O–H groups in total. The normalized spacial score (nSPS) is 11.0. The van der Waals surface area contributed by atoms with Crippen molar-refractivity contribution < 1.29 is 0 Å². The average molecular weight is 1260 g/mol. The maximum absolute atomic E-state index is 2.34. The number of para-hydroxylation sites is 4. The van der Waals surface area contributed by atoms with Crippen LogP contribution in [0.5, 0.6) is 0 Å². The summed E-state index contributed by atoms with van der Waals surface area (Å²) in [7, 11) is 0. The summed E-state index contributed by atoms with van der Waals surface area (Å²) in [5.41, 5.74) is 29.4. The van der Waals surface area contributed by atoms with Crippen LogP contribution in [0.15, 0.2) is 388 Å². The van der Waals surface area contributed by atoms with E-state index in [0.29, 0.717) is 0 Å². The maximum atomic E-state index is 2.34. The zero-order chi connectivity index (χ0) is 66.2. The summed E-state index contributed by atoms with van der Waals surface area (Å²) in [5, 5.41) is 0. The van der Waals surface area contributed by atoms with Crippen LogP contribution < -0.4 is 24.5 Å². The van der Waals surface area contributed by atoms with E-state index in [2.05, 4.69) is 434 Å². The van der Waals surface area contributed by atoms with Crippen LogP contribution in [0.4, 0.5) is 85.3 Å². The minimum absolute atomic E-state index is 1.08. The zero-order valence-corrected chi connectivity index (χ0v) is 55.2. The molecule has 0 heterocycles. The van der Waals surface area contributed by atoms with Crippen molar-refractivity contribution in [2.24, 2.45) is 0 Å². The van der Waals surface area contributed by atoms with E-state index < -0.39 is 0 Å². The molecule has 5 heteroatoms. The second kappa shape index (κ2) is 28.1. The molecule has 0 aromatic heterocycles. The number of anilines is 15. The van der Waals surface area contributed by atoms with Gasteiger partial charge in [0.2, 0.25) is 0 Å². The first-order chi connectivity index (χ1) is 48.3. The maximum Gasteiger partial charge on any atom is 0.0464 e. The third-order valence-electron chi connectivity index (χ3n) is 18.2. The molecule has 0 bridgehead atoms. The summed E-state index contributed by atoms with van der Waals surface area (Å²) < 4.78 is 0. The van der Waals surface area contributed by atoms with Crippen LogP contribution in [-0.2, 0) is 0 Å². The molecule has 0 spiro atoms. The molecule has 15 aromatic carbocycles. The Balaban J connectivity index is 0.647. The van der Waals surface area contributed by atoms with Crippen LogP contribution in [0, 0.1) is 20.8 Å². The highest BCUT2D eigenvalue weighted by atomic mass is 15.2. The van der Waals surface area contributed by atoms with E-state index in [-0.39, 0.29) is 0 Å². The van der Waals surface area contributed by atoms with Gasteiger partial charge in [-0.05, 0) is 258 Å². The minimum atomic E-state index is 1.08. The number of hydrogen-bond acceptors (Lipinski definition) is 5. The van der Waals surface area contributed by atoms with Crippen molar-refractivity contribution in [1.29, 1.82) is 0 Å². The highest BCUT2D eigenvalue weighted by Gasteiger charge is 2.20. The lowest BCUT2D eigenvalue weighted by Gasteiger charge is -2.27. The van der Waals surface area contributed by atoms with Crippen LogP contribution in [0.3, 0.4) is 0 Å². The molecule has 0 aliphatic rings. The van der Waals surface area contributed by atoms with Gasteiger partial charge in [-0.25, -0.2) is 0 Å². The Hall–Kier alpha value is -12.7. The van der Waals surface area contributed by atoms with Gasteiger partial charge in [-0.15, -0.1) is 0 Å². The van der Waals surface area contributed by atoms with E-state index in [1.165, 1.54) is 16.7 Å². The van der Waals surface area contributed by atoms with Crippen molar-refractivity contribution in [3.8, 4) is 44.5 Å². The Kier molecular flexibility index (Phi) is 17.6. The summed E-state index contributed by atoms with van der Waals surface area (Å²) in [6.45, 7) is 6.42. The van der Waals surface area contributed by atoms with Gasteiger partial charge >= 0.3 is 0 Å². The molecule has 15 rings (SSSR count). The topological polar surface area (TPSA) is 16.2 Å². The molecule has 98 heavy (non-hydrogen) atoms. The number of benzene rings is 15. The van der Waals surface area contributed by atoms with Gasteiger partial charge in [0.05, 0.1) is 0 Å². The highest BCUT2D eigenvalue weighted by Crippen LogP contribution is 2.43. The second-order valence-electron chi connectivity index (χ2n) is 24.9. The summed E-state index contributed by atoms with van der Waals surface area (Å²) in [4.78, 5) is 11.6. The van der Waals surface area contributed by atoms with Crippen LogP contribution in [-0.4, -0.2) is 0 Å². The molecule has 0 saturated carbocycles. The van der Waals surface area contributed by atoms with Crippen LogP contribution in [0.1, 0.15) is 16.7 Å². The molecule has 0 aliphatic carbocycles. The first kappa shape index (κ1) is 61.5. The van der Waals surface area contributed by atoms with Gasteiger partial charge in [0.25, 0.3) is 0 Å². The third kappa shape index (κ3) is 13.4. The molecule has 0 saturated heterocycles. The molecule has 0 amide bonds. The monoisotopic (exact) mass is 1260 g/mol. The third-order valence-corrected chi connectivity index (χ3v) is 18.2. The van der Waals surface area contributed by atoms with E-state index in [0.717, 1.165) is 130 Å². The quantitative estimate of drug-likeness (QED) is 0.0800. The van der Waals surface area contributed by atoms with Gasteiger partial charge in [0, 0.05) is 85.3 Å². The molecule has 0 atom stereocenters. The lowest BCUT2D eigenvalue weighted by molar-refractivity contribution is 1.27. The molecule has 0 fully saturated rings. The van der Waals surface area contributed by atoms with Gasteiger partial charge in [0.15, 0.2) is 0 Å². The average Bonchev–Trinajstić information content (AvgIpc) is 0.826. The van der Waals surface area contributed by atoms with Crippen molar-refractivity contribution in [2.75, 3.05) is 24.5 Å². The Morgan fingerprint density at radius 3 is 0.459 bits per heavy atom. The molecule has 0 unspecified atom stereocenters. The van der Waals surface area contributed by atoms with Crippen LogP contribution in [0.25, 0.3) is 44.5 Å². The Morgan fingerprint density at radius 2 is 0.276 bits per heavy atom. The van der Waals surface area contributed by atoms with Crippen LogP contribution >= 0.6 is 0 Å². The summed E-state index contributed by atoms with van der Waals surface area (Å²) in [6.07, 6.45) is 0. The highest BCUT2D eigenvalue weighted by molar-refractivity contribution is 5.86. The van der Waals surface area contributed by atoms with Crippen molar-refractivity contribution in [2.45, 2.75) is 20.8 Å². The smallest absolute Gasteiger partial charge is 0.0464 e. The standard InChI is InChI=1S/C93H73N5/c1-68-30-48-83(49-31-68)96(88-58-40-75(41-59-88)71-32-50-84(51-33-71)94(79-20-8-4-9-21-79)86-54-36-73(37-55-86)77-44-62-90(63-45-77)97(81-24-12-6-13-25-81)92-28-16-18-69(2)66-92)89-60-42-76(43-61-89)72-34-52-85(53-35-72)95(80-22-10-5-11-23-80)87-56-38-74(39-57-87)78-46-64-91(65-47-78)98(82-26-14-7-15-27-82)93-29-17-19-70(3)67-93/h4-67H,1-3H3. The van der Waals surface area contributed by atoms with E-state index in [1.807, 2.05) is 0 Å². The molecule has 470 valence electrons. The van der Waals surface area contributed by atoms with Crippen molar-refractivity contribution in [1.82, 2.24) is 0 Å². The number of aryl methyl sites for hydroxylation is 3. The van der Waals surface area contributed by atoms with Crippen LogP contribution in [0.2, 0.25) is 0 Å². The largest absolute Gasteiger partial charge is 0.311 e. The Labute approximate surface area is 576 Å². The van der Waals surface area contributed by atoms with E-state index >= 15 is 0 Å². The number of nitrogens with zero attached hydrogens (tertiary/aromatic N) is 5. The molecule has 15 aromatic rings. The van der Waals surface area contributed by atoms with Gasteiger partial charge in [0.1, 0.15) is 0 Å². The summed E-state index contributed by atoms with van der Waals surface area (Å²) >= 11 is 0. The number of hydrogen-bond donors (Lipinski definition) is 0. The fourth-order valence-electron chi connectivity index (χ4n) is 13.2. The lowest BCUT2D eigenvalue weighted by Crippen LogP contribution is -2.10. The second-order valence-corrected chi connectivity index (χ2v) is 24.9. The molecule has 0 aliphatic heterocycles. The molecular formula is C93H73N5. The van der Waals surface area contributed by atoms with E-state index in [9.17, 15) is 0 Å².